The molecule has 1 N–H and O–H groups in total. The van der Waals surface area contributed by atoms with Crippen LogP contribution in [0.25, 0.3) is 5.69 Å². The number of aryl methyl sites for hydroxylation is 1. The van der Waals surface area contributed by atoms with E-state index in [2.05, 4.69) is 6.07 Å². The summed E-state index contributed by atoms with van der Waals surface area (Å²) in [5, 5.41) is 17.8. The number of aromatic carboxylic acids is 1. The second-order valence-electron chi connectivity index (χ2n) is 3.68. The number of carboxylic acid groups (broad SMARTS) is 1. The summed E-state index contributed by atoms with van der Waals surface area (Å²) in [4.78, 5) is 10.8. The van der Waals surface area contributed by atoms with Gasteiger partial charge in [-0.15, -0.1) is 0 Å². The lowest BCUT2D eigenvalue weighted by Gasteiger charge is -2.09. The Kier molecular flexibility index (Phi) is 2.67. The lowest BCUT2D eigenvalue weighted by molar-refractivity contribution is 0.0697. The van der Waals surface area contributed by atoms with E-state index >= 15 is 0 Å². The first-order chi connectivity index (χ1) is 8.13. The normalized spacial score (nSPS) is 9.88. The number of aromatic nitrogens is 1. The van der Waals surface area contributed by atoms with E-state index in [4.69, 9.17) is 10.4 Å². The van der Waals surface area contributed by atoms with E-state index in [1.54, 1.807) is 35.0 Å². The van der Waals surface area contributed by atoms with E-state index in [1.165, 1.54) is 6.07 Å². The minimum absolute atomic E-state index is 0.247. The second-order valence-corrected chi connectivity index (χ2v) is 3.68. The molecule has 0 bridgehead atoms. The van der Waals surface area contributed by atoms with Crippen LogP contribution < -0.4 is 0 Å². The Morgan fingerprint density at radius 3 is 2.76 bits per heavy atom. The SMILES string of the molecule is Cc1cc(C(=O)O)ccc1-n1cccc1C#N. The molecular formula is C13H10N2O2. The van der Waals surface area contributed by atoms with Crippen LogP contribution in [0.5, 0.6) is 0 Å². The quantitative estimate of drug-likeness (QED) is 0.854. The average molecular weight is 226 g/mol. The molecule has 1 aromatic carbocycles. The van der Waals surface area contributed by atoms with Crippen LogP contribution in [0.1, 0.15) is 21.6 Å². The Morgan fingerprint density at radius 1 is 1.41 bits per heavy atom. The van der Waals surface area contributed by atoms with Crippen molar-refractivity contribution < 1.29 is 9.90 Å². The molecule has 0 aliphatic heterocycles. The molecule has 0 saturated heterocycles. The van der Waals surface area contributed by atoms with Crippen LogP contribution in [0.15, 0.2) is 36.5 Å². The molecule has 0 atom stereocenters. The largest absolute Gasteiger partial charge is 0.478 e. The monoisotopic (exact) mass is 226 g/mol. The summed E-state index contributed by atoms with van der Waals surface area (Å²) in [5.74, 6) is -0.951. The number of nitrogens with zero attached hydrogens (tertiary/aromatic N) is 2. The van der Waals surface area contributed by atoms with Crippen LogP contribution in [0.4, 0.5) is 0 Å². The van der Waals surface area contributed by atoms with E-state index in [-0.39, 0.29) is 5.56 Å². The second kappa shape index (κ2) is 4.14. The van der Waals surface area contributed by atoms with Gasteiger partial charge in [-0.05, 0) is 42.8 Å². The highest BCUT2D eigenvalue weighted by atomic mass is 16.4. The summed E-state index contributed by atoms with van der Waals surface area (Å²) in [7, 11) is 0. The Balaban J connectivity index is 2.55. The molecule has 4 nitrogen and oxygen atoms in total. The fourth-order valence-corrected chi connectivity index (χ4v) is 1.74. The maximum Gasteiger partial charge on any atom is 0.335 e. The number of rotatable bonds is 2. The summed E-state index contributed by atoms with van der Waals surface area (Å²) >= 11 is 0. The van der Waals surface area contributed by atoms with Gasteiger partial charge in [0.05, 0.1) is 5.56 Å². The Bertz CT molecular complexity index is 621. The van der Waals surface area contributed by atoms with Gasteiger partial charge in [-0.25, -0.2) is 4.79 Å². The van der Waals surface area contributed by atoms with Crippen molar-refractivity contribution in [1.82, 2.24) is 4.57 Å². The molecule has 0 radical (unpaired) electrons. The van der Waals surface area contributed by atoms with Gasteiger partial charge in [-0.3, -0.25) is 0 Å². The van der Waals surface area contributed by atoms with Crippen LogP contribution in [-0.2, 0) is 0 Å². The lowest BCUT2D eigenvalue weighted by atomic mass is 10.1. The smallest absolute Gasteiger partial charge is 0.335 e. The van der Waals surface area contributed by atoms with Gasteiger partial charge in [-0.2, -0.15) is 5.26 Å². The highest BCUT2D eigenvalue weighted by molar-refractivity contribution is 5.88. The molecule has 1 aromatic heterocycles. The molecule has 0 saturated carbocycles. The third-order valence-electron chi connectivity index (χ3n) is 2.57. The molecular weight excluding hydrogens is 216 g/mol. The number of hydrogen-bond donors (Lipinski definition) is 1. The van der Waals surface area contributed by atoms with Gasteiger partial charge in [0, 0.05) is 11.9 Å². The molecule has 17 heavy (non-hydrogen) atoms. The van der Waals surface area contributed by atoms with Crippen molar-refractivity contribution in [2.75, 3.05) is 0 Å². The minimum Gasteiger partial charge on any atom is -0.478 e. The van der Waals surface area contributed by atoms with Gasteiger partial charge < -0.3 is 9.67 Å². The topological polar surface area (TPSA) is 66.0 Å². The summed E-state index contributed by atoms with van der Waals surface area (Å²) in [5.41, 5.74) is 2.40. The first-order valence-electron chi connectivity index (χ1n) is 5.05. The first kappa shape index (κ1) is 11.0. The van der Waals surface area contributed by atoms with Crippen molar-refractivity contribution in [2.45, 2.75) is 6.92 Å². The van der Waals surface area contributed by atoms with Gasteiger partial charge in [0.1, 0.15) is 11.8 Å². The number of nitriles is 1. The zero-order valence-corrected chi connectivity index (χ0v) is 9.21. The molecule has 2 aromatic rings. The van der Waals surface area contributed by atoms with Gasteiger partial charge in [0.2, 0.25) is 0 Å². The van der Waals surface area contributed by atoms with Gasteiger partial charge in [0.15, 0.2) is 0 Å². The minimum atomic E-state index is -0.951. The van der Waals surface area contributed by atoms with E-state index in [0.29, 0.717) is 5.69 Å². The van der Waals surface area contributed by atoms with Crippen molar-refractivity contribution in [3.05, 3.63) is 53.3 Å². The average Bonchev–Trinajstić information content (AvgIpc) is 2.76. The molecule has 0 fully saturated rings. The Hall–Kier alpha value is -2.54. The third-order valence-corrected chi connectivity index (χ3v) is 2.57. The van der Waals surface area contributed by atoms with E-state index in [0.717, 1.165) is 11.3 Å². The highest BCUT2D eigenvalue weighted by Crippen LogP contribution is 2.18. The fourth-order valence-electron chi connectivity index (χ4n) is 1.74. The lowest BCUT2D eigenvalue weighted by Crippen LogP contribution is -2.02. The molecule has 1 heterocycles. The van der Waals surface area contributed by atoms with E-state index in [1.807, 2.05) is 6.92 Å². The van der Waals surface area contributed by atoms with Crippen LogP contribution in [0, 0.1) is 18.3 Å². The molecule has 0 spiro atoms. The highest BCUT2D eigenvalue weighted by Gasteiger charge is 2.08. The maximum absolute atomic E-state index is 10.8. The number of hydrogen-bond acceptors (Lipinski definition) is 2. The molecule has 0 aliphatic rings. The number of benzene rings is 1. The van der Waals surface area contributed by atoms with Gasteiger partial charge in [0.25, 0.3) is 0 Å². The van der Waals surface area contributed by atoms with E-state index < -0.39 is 5.97 Å². The molecule has 2 rings (SSSR count). The van der Waals surface area contributed by atoms with Crippen molar-refractivity contribution in [2.24, 2.45) is 0 Å². The van der Waals surface area contributed by atoms with Crippen LogP contribution >= 0.6 is 0 Å². The Morgan fingerprint density at radius 2 is 2.18 bits per heavy atom. The van der Waals surface area contributed by atoms with E-state index in [9.17, 15) is 4.79 Å². The molecule has 0 unspecified atom stereocenters. The molecule has 84 valence electrons. The van der Waals surface area contributed by atoms with Crippen molar-refractivity contribution in [3.63, 3.8) is 0 Å². The summed E-state index contributed by atoms with van der Waals surface area (Å²) in [6.45, 7) is 1.82. The fraction of sp³-hybridized carbons (Fsp3) is 0.0769. The molecule has 0 amide bonds. The standard InChI is InChI=1S/C13H10N2O2/c1-9-7-10(13(16)17)4-5-12(9)15-6-2-3-11(15)8-14/h2-7H,1H3,(H,16,17). The summed E-state index contributed by atoms with van der Waals surface area (Å²) in [6, 6.07) is 10.4. The predicted molar refractivity (Wildman–Crippen MR) is 62.2 cm³/mol. The van der Waals surface area contributed by atoms with Gasteiger partial charge >= 0.3 is 5.97 Å². The van der Waals surface area contributed by atoms with Crippen molar-refractivity contribution in [1.29, 1.82) is 5.26 Å². The molecule has 4 heteroatoms. The Labute approximate surface area is 98.4 Å². The van der Waals surface area contributed by atoms with Crippen molar-refractivity contribution in [3.8, 4) is 11.8 Å². The summed E-state index contributed by atoms with van der Waals surface area (Å²) < 4.78 is 1.74. The van der Waals surface area contributed by atoms with Crippen molar-refractivity contribution >= 4 is 5.97 Å². The zero-order valence-electron chi connectivity index (χ0n) is 9.21. The maximum atomic E-state index is 10.8. The number of carbonyl (C=O) groups is 1. The number of carboxylic acids is 1. The summed E-state index contributed by atoms with van der Waals surface area (Å²) in [6.07, 6.45) is 1.78. The molecule has 0 aliphatic carbocycles. The predicted octanol–water partition coefficient (Wildman–Crippen LogP) is 2.36. The van der Waals surface area contributed by atoms with Gasteiger partial charge in [-0.1, -0.05) is 0 Å². The van der Waals surface area contributed by atoms with Crippen LogP contribution in [0.2, 0.25) is 0 Å². The zero-order chi connectivity index (χ0) is 12.4. The first-order valence-corrected chi connectivity index (χ1v) is 5.05. The third kappa shape index (κ3) is 1.91. The van der Waals surface area contributed by atoms with Crippen LogP contribution in [-0.4, -0.2) is 15.6 Å². The van der Waals surface area contributed by atoms with Crippen LogP contribution in [0.3, 0.4) is 0 Å².